The number of carbonyl (C=O) groups excluding carboxylic acids is 1. The van der Waals surface area contributed by atoms with E-state index in [-0.39, 0.29) is 11.8 Å². The molecule has 1 aliphatic rings. The van der Waals surface area contributed by atoms with Crippen LogP contribution in [0.15, 0.2) is 0 Å². The number of carboxylic acid groups (broad SMARTS) is 1. The van der Waals surface area contributed by atoms with E-state index in [1.807, 2.05) is 0 Å². The molecule has 0 aliphatic carbocycles. The van der Waals surface area contributed by atoms with Crippen LogP contribution in [-0.4, -0.2) is 42.5 Å². The van der Waals surface area contributed by atoms with Gasteiger partial charge in [0.25, 0.3) is 0 Å². The normalized spacial score (nSPS) is 20.6. The van der Waals surface area contributed by atoms with Crippen molar-refractivity contribution in [1.82, 2.24) is 10.6 Å². The summed E-state index contributed by atoms with van der Waals surface area (Å²) in [4.78, 5) is 23.5. The van der Waals surface area contributed by atoms with Crippen molar-refractivity contribution in [2.45, 2.75) is 57.9 Å². The topological polar surface area (TPSA) is 78.4 Å². The first-order chi connectivity index (χ1) is 9.66. The van der Waals surface area contributed by atoms with Gasteiger partial charge in [-0.3, -0.25) is 9.59 Å². The van der Waals surface area contributed by atoms with Crippen molar-refractivity contribution in [2.24, 2.45) is 5.92 Å². The van der Waals surface area contributed by atoms with Crippen LogP contribution in [0.25, 0.3) is 0 Å². The molecule has 0 spiro atoms. The van der Waals surface area contributed by atoms with E-state index < -0.39 is 11.9 Å². The molecule has 1 aliphatic heterocycles. The summed E-state index contributed by atoms with van der Waals surface area (Å²) >= 11 is 0. The van der Waals surface area contributed by atoms with Gasteiger partial charge in [0.15, 0.2) is 5.78 Å². The number of piperazine rings is 1. The van der Waals surface area contributed by atoms with Crippen molar-refractivity contribution in [2.75, 3.05) is 19.6 Å². The highest BCUT2D eigenvalue weighted by molar-refractivity contribution is 6.01. The fraction of sp³-hybridized carbons (Fsp3) is 0.867. The zero-order valence-corrected chi connectivity index (χ0v) is 12.5. The minimum absolute atomic E-state index is 0.168. The van der Waals surface area contributed by atoms with Crippen LogP contribution in [0, 0.1) is 5.92 Å². The summed E-state index contributed by atoms with van der Waals surface area (Å²) in [7, 11) is 0. The maximum atomic E-state index is 12.2. The molecule has 0 unspecified atom stereocenters. The minimum Gasteiger partial charge on any atom is -0.481 e. The van der Waals surface area contributed by atoms with Crippen LogP contribution in [0.1, 0.15) is 51.9 Å². The predicted octanol–water partition coefficient (Wildman–Crippen LogP) is 1.57. The second-order valence-electron chi connectivity index (χ2n) is 5.56. The molecule has 0 aromatic rings. The van der Waals surface area contributed by atoms with E-state index in [9.17, 15) is 14.7 Å². The smallest absolute Gasteiger partial charge is 0.314 e. The summed E-state index contributed by atoms with van der Waals surface area (Å²) in [6, 6.07) is -0.343. The van der Waals surface area contributed by atoms with Gasteiger partial charge in [-0.2, -0.15) is 0 Å². The zero-order chi connectivity index (χ0) is 14.8. The highest BCUT2D eigenvalue weighted by atomic mass is 16.4. The lowest BCUT2D eigenvalue weighted by Gasteiger charge is -2.25. The van der Waals surface area contributed by atoms with Crippen LogP contribution in [0.2, 0.25) is 0 Å². The molecule has 1 saturated heterocycles. The van der Waals surface area contributed by atoms with E-state index >= 15 is 0 Å². The fourth-order valence-corrected chi connectivity index (χ4v) is 2.61. The number of Topliss-reactive ketones (excluding diaryl/α,β-unsaturated/α-hetero) is 1. The van der Waals surface area contributed by atoms with Crippen LogP contribution in [0.4, 0.5) is 0 Å². The number of unbranched alkanes of at least 4 members (excludes halogenated alkanes) is 5. The number of rotatable bonds is 10. The maximum absolute atomic E-state index is 12.2. The molecule has 1 fully saturated rings. The predicted molar refractivity (Wildman–Crippen MR) is 78.8 cm³/mol. The molecule has 5 heteroatoms. The Balaban J connectivity index is 2.31. The molecule has 2 atom stereocenters. The average molecular weight is 284 g/mol. The molecule has 0 saturated carbocycles. The van der Waals surface area contributed by atoms with Crippen molar-refractivity contribution < 1.29 is 14.7 Å². The fourth-order valence-electron chi connectivity index (χ4n) is 2.61. The molecule has 0 radical (unpaired) electrons. The zero-order valence-electron chi connectivity index (χ0n) is 12.5. The van der Waals surface area contributed by atoms with Crippen LogP contribution in [0.5, 0.6) is 0 Å². The number of hydrogen-bond acceptors (Lipinski definition) is 4. The molecule has 20 heavy (non-hydrogen) atoms. The minimum atomic E-state index is -0.976. The molecule has 5 nitrogen and oxygen atoms in total. The lowest BCUT2D eigenvalue weighted by atomic mass is 9.91. The SMILES string of the molecule is CCCCCCCC[C@@H](C(=O)O)C(=O)[C@@H]1CNCCN1. The molecule has 3 N–H and O–H groups in total. The Morgan fingerprint density at radius 2 is 1.85 bits per heavy atom. The van der Waals surface area contributed by atoms with Gasteiger partial charge < -0.3 is 15.7 Å². The third-order valence-electron chi connectivity index (χ3n) is 3.87. The molecule has 1 heterocycles. The van der Waals surface area contributed by atoms with Gasteiger partial charge in [-0.1, -0.05) is 45.4 Å². The Kier molecular flexibility index (Phi) is 8.46. The Hall–Kier alpha value is -0.940. The number of nitrogens with one attached hydrogen (secondary N) is 2. The highest BCUT2D eigenvalue weighted by Crippen LogP contribution is 2.15. The van der Waals surface area contributed by atoms with E-state index in [0.29, 0.717) is 13.0 Å². The highest BCUT2D eigenvalue weighted by Gasteiger charge is 2.32. The van der Waals surface area contributed by atoms with E-state index in [1.165, 1.54) is 19.3 Å². The van der Waals surface area contributed by atoms with Crippen LogP contribution >= 0.6 is 0 Å². The van der Waals surface area contributed by atoms with Gasteiger partial charge in [0, 0.05) is 19.6 Å². The standard InChI is InChI=1S/C15H28N2O3/c1-2-3-4-5-6-7-8-12(15(19)20)14(18)13-11-16-9-10-17-13/h12-13,16-17H,2-11H2,1H3,(H,19,20)/t12-,13+/m1/s1. The van der Waals surface area contributed by atoms with Crippen LogP contribution < -0.4 is 10.6 Å². The summed E-state index contributed by atoms with van der Waals surface area (Å²) < 4.78 is 0. The lowest BCUT2D eigenvalue weighted by molar-refractivity contribution is -0.147. The van der Waals surface area contributed by atoms with Gasteiger partial charge in [-0.15, -0.1) is 0 Å². The Morgan fingerprint density at radius 1 is 1.15 bits per heavy atom. The largest absolute Gasteiger partial charge is 0.481 e. The molecule has 0 aromatic heterocycles. The monoisotopic (exact) mass is 284 g/mol. The lowest BCUT2D eigenvalue weighted by Crippen LogP contribution is -2.54. The quantitative estimate of drug-likeness (QED) is 0.419. The van der Waals surface area contributed by atoms with Gasteiger partial charge in [-0.25, -0.2) is 0 Å². The number of aliphatic carboxylic acids is 1. The third kappa shape index (κ3) is 6.01. The van der Waals surface area contributed by atoms with Gasteiger partial charge in [0.2, 0.25) is 0 Å². The number of hydrogen-bond donors (Lipinski definition) is 3. The summed E-state index contributed by atoms with van der Waals surface area (Å²) in [5.74, 6) is -1.99. The summed E-state index contributed by atoms with van der Waals surface area (Å²) in [6.45, 7) is 4.27. The second kappa shape index (κ2) is 9.88. The molecule has 0 aromatic carbocycles. The first-order valence-corrected chi connectivity index (χ1v) is 7.87. The van der Waals surface area contributed by atoms with Crippen LogP contribution in [0.3, 0.4) is 0 Å². The third-order valence-corrected chi connectivity index (χ3v) is 3.87. The Labute approximate surface area is 121 Å². The van der Waals surface area contributed by atoms with Crippen molar-refractivity contribution in [3.05, 3.63) is 0 Å². The molecule has 0 bridgehead atoms. The van der Waals surface area contributed by atoms with Gasteiger partial charge in [0.1, 0.15) is 5.92 Å². The van der Waals surface area contributed by atoms with E-state index in [1.54, 1.807) is 0 Å². The summed E-state index contributed by atoms with van der Waals surface area (Å²) in [5.41, 5.74) is 0. The van der Waals surface area contributed by atoms with E-state index in [0.717, 1.165) is 32.4 Å². The number of carboxylic acids is 1. The average Bonchev–Trinajstić information content (AvgIpc) is 2.46. The molecular weight excluding hydrogens is 256 g/mol. The van der Waals surface area contributed by atoms with Crippen molar-refractivity contribution in [3.63, 3.8) is 0 Å². The van der Waals surface area contributed by atoms with Gasteiger partial charge >= 0.3 is 5.97 Å². The molecule has 1 rings (SSSR count). The molecule has 0 amide bonds. The van der Waals surface area contributed by atoms with E-state index in [2.05, 4.69) is 17.6 Å². The summed E-state index contributed by atoms with van der Waals surface area (Å²) in [5, 5.41) is 15.5. The Morgan fingerprint density at radius 3 is 2.45 bits per heavy atom. The Bertz CT molecular complexity index is 301. The first kappa shape index (κ1) is 17.1. The van der Waals surface area contributed by atoms with Crippen molar-refractivity contribution in [3.8, 4) is 0 Å². The molecule has 116 valence electrons. The number of ketones is 1. The van der Waals surface area contributed by atoms with Gasteiger partial charge in [0.05, 0.1) is 6.04 Å². The van der Waals surface area contributed by atoms with Crippen molar-refractivity contribution in [1.29, 1.82) is 0 Å². The van der Waals surface area contributed by atoms with Crippen molar-refractivity contribution >= 4 is 11.8 Å². The van der Waals surface area contributed by atoms with Gasteiger partial charge in [-0.05, 0) is 6.42 Å². The summed E-state index contributed by atoms with van der Waals surface area (Å²) in [6.07, 6.45) is 7.10. The second-order valence-corrected chi connectivity index (χ2v) is 5.56. The number of carbonyl (C=O) groups is 2. The van der Waals surface area contributed by atoms with E-state index in [4.69, 9.17) is 0 Å². The van der Waals surface area contributed by atoms with Crippen LogP contribution in [-0.2, 0) is 9.59 Å². The maximum Gasteiger partial charge on any atom is 0.314 e. The molecular formula is C15H28N2O3. The first-order valence-electron chi connectivity index (χ1n) is 7.87.